The third-order valence-corrected chi connectivity index (χ3v) is 3.98. The van der Waals surface area contributed by atoms with Crippen LogP contribution in [-0.2, 0) is 6.18 Å². The molecular formula is C14H15ClF3NO. The van der Waals surface area contributed by atoms with Crippen molar-refractivity contribution in [2.75, 3.05) is 0 Å². The van der Waals surface area contributed by atoms with Crippen molar-refractivity contribution in [1.29, 1.82) is 0 Å². The van der Waals surface area contributed by atoms with Gasteiger partial charge >= 0.3 is 6.18 Å². The number of nitrogens with zero attached hydrogens (tertiary/aromatic N) is 1. The van der Waals surface area contributed by atoms with E-state index in [1.54, 1.807) is 0 Å². The van der Waals surface area contributed by atoms with Crippen LogP contribution >= 0.6 is 11.6 Å². The minimum absolute atomic E-state index is 0.0812. The van der Waals surface area contributed by atoms with Crippen molar-refractivity contribution in [2.24, 2.45) is 5.92 Å². The van der Waals surface area contributed by atoms with Crippen LogP contribution in [0, 0.1) is 5.92 Å². The summed E-state index contributed by atoms with van der Waals surface area (Å²) < 4.78 is 37.3. The Labute approximate surface area is 120 Å². The summed E-state index contributed by atoms with van der Waals surface area (Å²) >= 11 is 5.69. The Morgan fingerprint density at radius 1 is 1.30 bits per heavy atom. The van der Waals surface area contributed by atoms with Gasteiger partial charge in [0.15, 0.2) is 5.78 Å². The van der Waals surface area contributed by atoms with E-state index in [0.717, 1.165) is 31.4 Å². The maximum absolute atomic E-state index is 12.4. The summed E-state index contributed by atoms with van der Waals surface area (Å²) in [6.45, 7) is 0. The standard InChI is InChI=1S/C14H15ClF3NO/c15-13-10(6-8-12(19-13)14(16,17)18)11(20)7-5-9-3-1-2-4-9/h6,8-9H,1-5,7H2. The van der Waals surface area contributed by atoms with Crippen LogP contribution in [0.2, 0.25) is 5.15 Å². The third kappa shape index (κ3) is 3.72. The second-order valence-corrected chi connectivity index (χ2v) is 5.50. The van der Waals surface area contributed by atoms with Gasteiger partial charge in [-0.25, -0.2) is 4.98 Å². The molecule has 6 heteroatoms. The summed E-state index contributed by atoms with van der Waals surface area (Å²) in [6, 6.07) is 1.92. The monoisotopic (exact) mass is 305 g/mol. The zero-order valence-corrected chi connectivity index (χ0v) is 11.6. The molecule has 0 N–H and O–H groups in total. The highest BCUT2D eigenvalue weighted by molar-refractivity contribution is 6.32. The van der Waals surface area contributed by atoms with E-state index in [2.05, 4.69) is 4.98 Å². The van der Waals surface area contributed by atoms with E-state index in [4.69, 9.17) is 11.6 Å². The zero-order chi connectivity index (χ0) is 14.8. The van der Waals surface area contributed by atoms with Gasteiger partial charge in [-0.1, -0.05) is 37.3 Å². The van der Waals surface area contributed by atoms with Crippen molar-refractivity contribution >= 4 is 17.4 Å². The first-order valence-electron chi connectivity index (χ1n) is 6.65. The van der Waals surface area contributed by atoms with Gasteiger partial charge in [0.05, 0.1) is 5.56 Å². The minimum atomic E-state index is -4.55. The Morgan fingerprint density at radius 2 is 1.95 bits per heavy atom. The molecule has 1 aromatic heterocycles. The van der Waals surface area contributed by atoms with E-state index in [1.165, 1.54) is 12.8 Å². The molecular weight excluding hydrogens is 291 g/mol. The highest BCUT2D eigenvalue weighted by Gasteiger charge is 2.33. The van der Waals surface area contributed by atoms with E-state index in [-0.39, 0.29) is 16.5 Å². The first kappa shape index (κ1) is 15.3. The van der Waals surface area contributed by atoms with Crippen molar-refractivity contribution in [1.82, 2.24) is 4.98 Å². The van der Waals surface area contributed by atoms with E-state index >= 15 is 0 Å². The fourth-order valence-corrected chi connectivity index (χ4v) is 2.83. The molecule has 0 aromatic carbocycles. The van der Waals surface area contributed by atoms with Crippen LogP contribution in [0.4, 0.5) is 13.2 Å². The van der Waals surface area contributed by atoms with Crippen molar-refractivity contribution in [3.8, 4) is 0 Å². The van der Waals surface area contributed by atoms with Crippen LogP contribution in [0.3, 0.4) is 0 Å². The molecule has 0 unspecified atom stereocenters. The lowest BCUT2D eigenvalue weighted by molar-refractivity contribution is -0.141. The van der Waals surface area contributed by atoms with Gasteiger partial charge in [-0.15, -0.1) is 0 Å². The minimum Gasteiger partial charge on any atom is -0.294 e. The molecule has 0 bridgehead atoms. The normalized spacial score (nSPS) is 16.6. The highest BCUT2D eigenvalue weighted by atomic mass is 35.5. The lowest BCUT2D eigenvalue weighted by Crippen LogP contribution is -2.11. The number of halogens is 4. The largest absolute Gasteiger partial charge is 0.433 e. The second kappa shape index (κ2) is 6.12. The quantitative estimate of drug-likeness (QED) is 0.584. The number of pyridine rings is 1. The molecule has 1 aromatic rings. The number of aromatic nitrogens is 1. The molecule has 1 aliphatic rings. The molecule has 1 heterocycles. The van der Waals surface area contributed by atoms with E-state index < -0.39 is 11.9 Å². The third-order valence-electron chi connectivity index (χ3n) is 3.69. The predicted molar refractivity (Wildman–Crippen MR) is 69.8 cm³/mol. The molecule has 110 valence electrons. The number of rotatable bonds is 4. The Balaban J connectivity index is 2.02. The van der Waals surface area contributed by atoms with Crippen molar-refractivity contribution in [3.63, 3.8) is 0 Å². The number of hydrogen-bond donors (Lipinski definition) is 0. The fraction of sp³-hybridized carbons (Fsp3) is 0.571. The molecule has 0 saturated heterocycles. The number of ketones is 1. The molecule has 0 radical (unpaired) electrons. The van der Waals surface area contributed by atoms with Gasteiger partial charge in [0.25, 0.3) is 0 Å². The summed E-state index contributed by atoms with van der Waals surface area (Å²) in [7, 11) is 0. The number of hydrogen-bond acceptors (Lipinski definition) is 2. The Morgan fingerprint density at radius 3 is 2.50 bits per heavy atom. The van der Waals surface area contributed by atoms with Crippen molar-refractivity contribution < 1.29 is 18.0 Å². The molecule has 2 rings (SSSR count). The number of Topliss-reactive ketones (excluding diaryl/α,β-unsaturated/α-hetero) is 1. The lowest BCUT2D eigenvalue weighted by Gasteiger charge is -2.10. The Hall–Kier alpha value is -1.10. The van der Waals surface area contributed by atoms with Crippen LogP contribution in [0.5, 0.6) is 0 Å². The maximum atomic E-state index is 12.4. The van der Waals surface area contributed by atoms with E-state index in [1.807, 2.05) is 0 Å². The summed E-state index contributed by atoms with van der Waals surface area (Å²) in [5.41, 5.74) is -0.993. The first-order valence-corrected chi connectivity index (χ1v) is 7.02. The average Bonchev–Trinajstić information content (AvgIpc) is 2.87. The summed E-state index contributed by atoms with van der Waals surface area (Å²) in [4.78, 5) is 15.2. The molecule has 2 nitrogen and oxygen atoms in total. The van der Waals surface area contributed by atoms with Gasteiger partial charge in [0, 0.05) is 6.42 Å². The highest BCUT2D eigenvalue weighted by Crippen LogP contribution is 2.31. The zero-order valence-electron chi connectivity index (χ0n) is 10.8. The fourth-order valence-electron chi connectivity index (χ4n) is 2.57. The molecule has 20 heavy (non-hydrogen) atoms. The molecule has 1 saturated carbocycles. The van der Waals surface area contributed by atoms with Gasteiger partial charge in [0.2, 0.25) is 0 Å². The van der Waals surface area contributed by atoms with Gasteiger partial charge in [0.1, 0.15) is 10.8 Å². The van der Waals surface area contributed by atoms with Gasteiger partial charge in [-0.2, -0.15) is 13.2 Å². The SMILES string of the molecule is O=C(CCC1CCCC1)c1ccc(C(F)(F)F)nc1Cl. The number of carbonyl (C=O) groups is 1. The van der Waals surface area contributed by atoms with Crippen LogP contribution in [0.1, 0.15) is 54.6 Å². The lowest BCUT2D eigenvalue weighted by atomic mass is 9.98. The predicted octanol–water partition coefficient (Wildman–Crippen LogP) is 4.91. The molecule has 1 aliphatic carbocycles. The van der Waals surface area contributed by atoms with Crippen LogP contribution in [0.15, 0.2) is 12.1 Å². The Kier molecular flexibility index (Phi) is 4.68. The second-order valence-electron chi connectivity index (χ2n) is 5.14. The molecule has 0 spiro atoms. The Bertz CT molecular complexity index is 496. The van der Waals surface area contributed by atoms with Gasteiger partial charge in [-0.05, 0) is 24.5 Å². The van der Waals surface area contributed by atoms with Crippen LogP contribution in [-0.4, -0.2) is 10.8 Å². The van der Waals surface area contributed by atoms with E-state index in [0.29, 0.717) is 12.3 Å². The molecule has 0 atom stereocenters. The summed E-state index contributed by atoms with van der Waals surface area (Å²) in [6.07, 6.45) is 1.20. The first-order chi connectivity index (χ1) is 9.38. The van der Waals surface area contributed by atoms with Crippen LogP contribution < -0.4 is 0 Å². The number of carbonyl (C=O) groups excluding carboxylic acids is 1. The summed E-state index contributed by atoms with van der Waals surface area (Å²) in [5.74, 6) is 0.322. The number of alkyl halides is 3. The average molecular weight is 306 g/mol. The van der Waals surface area contributed by atoms with E-state index in [9.17, 15) is 18.0 Å². The van der Waals surface area contributed by atoms with Crippen LogP contribution in [0.25, 0.3) is 0 Å². The molecule has 0 amide bonds. The summed E-state index contributed by atoms with van der Waals surface area (Å²) in [5, 5.41) is -0.365. The van der Waals surface area contributed by atoms with Gasteiger partial charge in [-0.3, -0.25) is 4.79 Å². The van der Waals surface area contributed by atoms with Gasteiger partial charge < -0.3 is 0 Å². The van der Waals surface area contributed by atoms with Crippen molar-refractivity contribution in [3.05, 3.63) is 28.5 Å². The molecule has 1 fully saturated rings. The van der Waals surface area contributed by atoms with Crippen molar-refractivity contribution in [2.45, 2.75) is 44.7 Å². The maximum Gasteiger partial charge on any atom is 0.433 e. The topological polar surface area (TPSA) is 30.0 Å². The molecule has 0 aliphatic heterocycles. The smallest absolute Gasteiger partial charge is 0.294 e.